The highest BCUT2D eigenvalue weighted by molar-refractivity contribution is 9.10. The van der Waals surface area contributed by atoms with Crippen LogP contribution in [0.2, 0.25) is 0 Å². The lowest BCUT2D eigenvalue weighted by Crippen LogP contribution is -2.31. The Morgan fingerprint density at radius 1 is 1.44 bits per heavy atom. The second-order valence-corrected chi connectivity index (χ2v) is 4.83. The number of nitrogens with one attached hydrogen (secondary N) is 2. The largest absolute Gasteiger partial charge is 0.384 e. The minimum absolute atomic E-state index is 0.0810. The van der Waals surface area contributed by atoms with E-state index in [0.29, 0.717) is 13.0 Å². The van der Waals surface area contributed by atoms with Crippen LogP contribution in [0.3, 0.4) is 0 Å². The molecule has 0 aliphatic heterocycles. The summed E-state index contributed by atoms with van der Waals surface area (Å²) >= 11 is 3.40. The van der Waals surface area contributed by atoms with E-state index in [1.54, 1.807) is 0 Å². The highest BCUT2D eigenvalue weighted by atomic mass is 79.9. The molecule has 0 saturated heterocycles. The molecule has 1 rings (SSSR count). The van der Waals surface area contributed by atoms with Crippen LogP contribution in [0.4, 0.5) is 5.69 Å². The van der Waals surface area contributed by atoms with E-state index in [0.717, 1.165) is 10.2 Å². The highest BCUT2D eigenvalue weighted by Gasteiger charge is 2.02. The van der Waals surface area contributed by atoms with E-state index < -0.39 is 0 Å². The Kier molecular flexibility index (Phi) is 5.32. The lowest BCUT2D eigenvalue weighted by atomic mass is 10.3. The Labute approximate surface area is 105 Å². The average Bonchev–Trinajstić information content (AvgIpc) is 2.16. The molecule has 16 heavy (non-hydrogen) atoms. The molecule has 0 aliphatic rings. The van der Waals surface area contributed by atoms with Crippen LogP contribution < -0.4 is 10.6 Å². The predicted octanol–water partition coefficient (Wildman–Crippen LogP) is 2.78. The molecule has 0 atom stereocenters. The van der Waals surface area contributed by atoms with Crippen LogP contribution in [0.15, 0.2) is 28.7 Å². The molecule has 0 bridgehead atoms. The number of carbonyl (C=O) groups is 1. The van der Waals surface area contributed by atoms with Gasteiger partial charge in [-0.1, -0.05) is 22.0 Å². The van der Waals surface area contributed by atoms with E-state index in [1.807, 2.05) is 38.1 Å². The fourth-order valence-electron chi connectivity index (χ4n) is 1.31. The minimum Gasteiger partial charge on any atom is -0.384 e. The maximum absolute atomic E-state index is 11.4. The van der Waals surface area contributed by atoms with Gasteiger partial charge in [-0.05, 0) is 32.0 Å². The van der Waals surface area contributed by atoms with Gasteiger partial charge in [-0.2, -0.15) is 0 Å². The molecule has 0 aliphatic carbocycles. The fraction of sp³-hybridized carbons (Fsp3) is 0.417. The van der Waals surface area contributed by atoms with Crippen LogP contribution >= 0.6 is 15.9 Å². The van der Waals surface area contributed by atoms with Gasteiger partial charge in [0.15, 0.2) is 0 Å². The molecule has 0 spiro atoms. The first-order valence-corrected chi connectivity index (χ1v) is 6.16. The average molecular weight is 285 g/mol. The van der Waals surface area contributed by atoms with Gasteiger partial charge >= 0.3 is 0 Å². The van der Waals surface area contributed by atoms with Gasteiger partial charge in [0.1, 0.15) is 0 Å². The van der Waals surface area contributed by atoms with Crippen molar-refractivity contribution in [3.05, 3.63) is 28.7 Å². The summed E-state index contributed by atoms with van der Waals surface area (Å²) in [6.07, 6.45) is 0.491. The van der Waals surface area contributed by atoms with Gasteiger partial charge in [0.2, 0.25) is 5.91 Å². The first-order chi connectivity index (χ1) is 7.58. The second kappa shape index (κ2) is 6.53. The molecule has 4 heteroatoms. The third-order valence-corrected chi connectivity index (χ3v) is 2.45. The van der Waals surface area contributed by atoms with Crippen molar-refractivity contribution in [2.75, 3.05) is 11.9 Å². The molecular weight excluding hydrogens is 268 g/mol. The van der Waals surface area contributed by atoms with E-state index in [4.69, 9.17) is 0 Å². The quantitative estimate of drug-likeness (QED) is 0.873. The number of amides is 1. The van der Waals surface area contributed by atoms with Gasteiger partial charge in [-0.25, -0.2) is 0 Å². The van der Waals surface area contributed by atoms with E-state index in [-0.39, 0.29) is 11.9 Å². The zero-order valence-electron chi connectivity index (χ0n) is 9.59. The maximum atomic E-state index is 11.4. The van der Waals surface area contributed by atoms with Crippen LogP contribution in [-0.2, 0) is 4.79 Å². The lowest BCUT2D eigenvalue weighted by molar-refractivity contribution is -0.121. The van der Waals surface area contributed by atoms with Crippen LogP contribution in [0.5, 0.6) is 0 Å². The number of anilines is 1. The number of carbonyl (C=O) groups excluding carboxylic acids is 1. The normalized spacial score (nSPS) is 10.2. The van der Waals surface area contributed by atoms with Crippen LogP contribution in [0, 0.1) is 0 Å². The van der Waals surface area contributed by atoms with E-state index in [9.17, 15) is 4.79 Å². The number of rotatable bonds is 5. The zero-order valence-corrected chi connectivity index (χ0v) is 11.2. The van der Waals surface area contributed by atoms with Gasteiger partial charge < -0.3 is 10.6 Å². The molecule has 0 radical (unpaired) electrons. The number of hydrogen-bond donors (Lipinski definition) is 2. The van der Waals surface area contributed by atoms with Crippen LogP contribution in [0.25, 0.3) is 0 Å². The molecule has 1 aromatic rings. The predicted molar refractivity (Wildman–Crippen MR) is 70.5 cm³/mol. The summed E-state index contributed by atoms with van der Waals surface area (Å²) in [5.74, 6) is 0.0810. The van der Waals surface area contributed by atoms with Crippen molar-refractivity contribution >= 4 is 27.5 Å². The van der Waals surface area contributed by atoms with Gasteiger partial charge in [-0.15, -0.1) is 0 Å². The van der Waals surface area contributed by atoms with Crippen LogP contribution in [-0.4, -0.2) is 18.5 Å². The van der Waals surface area contributed by atoms with Crippen molar-refractivity contribution in [1.82, 2.24) is 5.32 Å². The van der Waals surface area contributed by atoms with Crippen molar-refractivity contribution in [2.24, 2.45) is 0 Å². The highest BCUT2D eigenvalue weighted by Crippen LogP contribution is 2.15. The number of benzene rings is 1. The monoisotopic (exact) mass is 284 g/mol. The van der Waals surface area contributed by atoms with Crippen molar-refractivity contribution in [3.8, 4) is 0 Å². The molecule has 1 amide bonds. The van der Waals surface area contributed by atoms with Crippen molar-refractivity contribution < 1.29 is 4.79 Å². The van der Waals surface area contributed by atoms with E-state index in [2.05, 4.69) is 26.6 Å². The summed E-state index contributed by atoms with van der Waals surface area (Å²) in [6, 6.07) is 8.10. The summed E-state index contributed by atoms with van der Waals surface area (Å²) in [4.78, 5) is 11.4. The number of hydrogen-bond acceptors (Lipinski definition) is 2. The second-order valence-electron chi connectivity index (χ2n) is 3.91. The molecule has 3 nitrogen and oxygen atoms in total. The molecule has 0 saturated carbocycles. The Hall–Kier alpha value is -1.03. The topological polar surface area (TPSA) is 41.1 Å². The van der Waals surface area contributed by atoms with Gasteiger partial charge in [0.25, 0.3) is 0 Å². The number of halogens is 1. The Morgan fingerprint density at radius 2 is 2.19 bits per heavy atom. The standard InChI is InChI=1S/C12H17BrN2O/c1-9(2)15-12(16)6-7-14-11-5-3-4-10(13)8-11/h3-5,8-9,14H,6-7H2,1-2H3,(H,15,16). The van der Waals surface area contributed by atoms with Crippen LogP contribution in [0.1, 0.15) is 20.3 Å². The van der Waals surface area contributed by atoms with Gasteiger partial charge in [-0.3, -0.25) is 4.79 Å². The van der Waals surface area contributed by atoms with Crippen molar-refractivity contribution in [1.29, 1.82) is 0 Å². The summed E-state index contributed by atoms with van der Waals surface area (Å²) in [6.45, 7) is 4.56. The van der Waals surface area contributed by atoms with Crippen molar-refractivity contribution in [3.63, 3.8) is 0 Å². The molecule has 0 fully saturated rings. The van der Waals surface area contributed by atoms with Crippen molar-refractivity contribution in [2.45, 2.75) is 26.3 Å². The maximum Gasteiger partial charge on any atom is 0.221 e. The minimum atomic E-state index is 0.0810. The molecular formula is C12H17BrN2O. The lowest BCUT2D eigenvalue weighted by Gasteiger charge is -2.09. The fourth-order valence-corrected chi connectivity index (χ4v) is 1.71. The Morgan fingerprint density at radius 3 is 2.81 bits per heavy atom. The first kappa shape index (κ1) is 13.0. The molecule has 1 aromatic carbocycles. The Bertz CT molecular complexity index is 353. The first-order valence-electron chi connectivity index (χ1n) is 5.36. The summed E-state index contributed by atoms with van der Waals surface area (Å²) < 4.78 is 1.03. The van der Waals surface area contributed by atoms with Gasteiger partial charge in [0, 0.05) is 29.2 Å². The van der Waals surface area contributed by atoms with E-state index in [1.165, 1.54) is 0 Å². The Balaban J connectivity index is 2.28. The summed E-state index contributed by atoms with van der Waals surface area (Å²) in [5.41, 5.74) is 1.02. The zero-order chi connectivity index (χ0) is 12.0. The SMILES string of the molecule is CC(C)NC(=O)CCNc1cccc(Br)c1. The smallest absolute Gasteiger partial charge is 0.221 e. The molecule has 0 aromatic heterocycles. The molecule has 0 unspecified atom stereocenters. The summed E-state index contributed by atoms with van der Waals surface area (Å²) in [5, 5.41) is 6.05. The van der Waals surface area contributed by atoms with E-state index >= 15 is 0 Å². The van der Waals surface area contributed by atoms with Gasteiger partial charge in [0.05, 0.1) is 0 Å². The third kappa shape index (κ3) is 5.16. The molecule has 88 valence electrons. The summed E-state index contributed by atoms with van der Waals surface area (Å²) in [7, 11) is 0. The molecule has 2 N–H and O–H groups in total. The molecule has 0 heterocycles. The third-order valence-electron chi connectivity index (χ3n) is 1.96.